The molecule has 0 bridgehead atoms. The molecule has 17 heavy (non-hydrogen) atoms. The van der Waals surface area contributed by atoms with Gasteiger partial charge in [0.15, 0.2) is 0 Å². The van der Waals surface area contributed by atoms with Crippen LogP contribution in [0.4, 0.5) is 0 Å². The highest BCUT2D eigenvalue weighted by molar-refractivity contribution is 5.80. The van der Waals surface area contributed by atoms with Gasteiger partial charge in [0.2, 0.25) is 5.91 Å². The Morgan fingerprint density at radius 1 is 1.41 bits per heavy atom. The molecule has 4 heteroatoms. The van der Waals surface area contributed by atoms with Crippen molar-refractivity contribution in [1.29, 1.82) is 0 Å². The number of hydrogen-bond acceptors (Lipinski definition) is 3. The Hall–Kier alpha value is -0.610. The molecule has 0 aromatic heterocycles. The first-order valence-corrected chi connectivity index (χ1v) is 6.99. The average molecular weight is 239 g/mol. The summed E-state index contributed by atoms with van der Waals surface area (Å²) in [5.74, 6) is 0.585. The highest BCUT2D eigenvalue weighted by Crippen LogP contribution is 2.32. The van der Waals surface area contributed by atoms with Gasteiger partial charge >= 0.3 is 0 Å². The molecule has 0 aromatic rings. The van der Waals surface area contributed by atoms with Crippen molar-refractivity contribution in [2.75, 3.05) is 19.6 Å². The van der Waals surface area contributed by atoms with Crippen LogP contribution >= 0.6 is 0 Å². The molecule has 1 heterocycles. The molecular weight excluding hydrogens is 214 g/mol. The van der Waals surface area contributed by atoms with Crippen LogP contribution in [0.1, 0.15) is 39.0 Å². The lowest BCUT2D eigenvalue weighted by atomic mass is 9.81. The summed E-state index contributed by atoms with van der Waals surface area (Å²) in [4.78, 5) is 13.9. The molecule has 2 aliphatic rings. The second-order valence-electron chi connectivity index (χ2n) is 5.38. The van der Waals surface area contributed by atoms with Crippen LogP contribution in [0.5, 0.6) is 0 Å². The molecule has 0 aromatic carbocycles. The molecule has 0 radical (unpaired) electrons. The fourth-order valence-corrected chi connectivity index (χ4v) is 3.48. The van der Waals surface area contributed by atoms with Crippen LogP contribution in [-0.4, -0.2) is 42.5 Å². The van der Waals surface area contributed by atoms with Gasteiger partial charge in [0.05, 0.1) is 0 Å². The highest BCUT2D eigenvalue weighted by atomic mass is 16.1. The van der Waals surface area contributed by atoms with Gasteiger partial charge in [-0.25, -0.2) is 0 Å². The molecular formula is C13H25N3O. The predicted octanol–water partition coefficient (Wildman–Crippen LogP) is 0.714. The third kappa shape index (κ3) is 2.80. The van der Waals surface area contributed by atoms with Crippen LogP contribution in [0, 0.1) is 5.92 Å². The van der Waals surface area contributed by atoms with Gasteiger partial charge < -0.3 is 11.1 Å². The molecule has 98 valence electrons. The van der Waals surface area contributed by atoms with E-state index in [9.17, 15) is 4.79 Å². The number of carbonyl (C=O) groups is 1. The van der Waals surface area contributed by atoms with Crippen molar-refractivity contribution in [1.82, 2.24) is 10.2 Å². The van der Waals surface area contributed by atoms with Crippen LogP contribution in [0.15, 0.2) is 0 Å². The Balaban J connectivity index is 2.08. The summed E-state index contributed by atoms with van der Waals surface area (Å²) in [7, 11) is 0. The summed E-state index contributed by atoms with van der Waals surface area (Å²) in [5.41, 5.74) is 5.53. The fraction of sp³-hybridized carbons (Fsp3) is 0.923. The first kappa shape index (κ1) is 12.8. The van der Waals surface area contributed by atoms with Crippen molar-refractivity contribution in [3.63, 3.8) is 0 Å². The molecule has 1 saturated carbocycles. The summed E-state index contributed by atoms with van der Waals surface area (Å²) >= 11 is 0. The summed E-state index contributed by atoms with van der Waals surface area (Å²) in [6.45, 7) is 4.94. The molecule has 1 aliphatic heterocycles. The van der Waals surface area contributed by atoms with Crippen LogP contribution in [0.25, 0.3) is 0 Å². The Morgan fingerprint density at radius 2 is 2.18 bits per heavy atom. The van der Waals surface area contributed by atoms with Crippen LogP contribution in [0.3, 0.4) is 0 Å². The zero-order valence-corrected chi connectivity index (χ0v) is 10.8. The standard InChI is InChI=1S/C13H25N3O/c1-2-10-5-3-4-6-11(10)16-8-7-15-9-12(16)13(14)17/h10-12,15H,2-9H2,1H3,(H2,14,17). The average Bonchev–Trinajstić information content (AvgIpc) is 2.38. The third-order valence-corrected chi connectivity index (χ3v) is 4.43. The maximum atomic E-state index is 11.5. The molecule has 1 saturated heterocycles. The number of nitrogens with one attached hydrogen (secondary N) is 1. The van der Waals surface area contributed by atoms with E-state index >= 15 is 0 Å². The van der Waals surface area contributed by atoms with Crippen molar-refractivity contribution in [2.45, 2.75) is 51.1 Å². The number of nitrogens with two attached hydrogens (primary N) is 1. The van der Waals surface area contributed by atoms with Crippen molar-refractivity contribution >= 4 is 5.91 Å². The Bertz CT molecular complexity index is 269. The van der Waals surface area contributed by atoms with Crippen LogP contribution in [0.2, 0.25) is 0 Å². The lowest BCUT2D eigenvalue weighted by Gasteiger charge is -2.45. The summed E-state index contributed by atoms with van der Waals surface area (Å²) in [6.07, 6.45) is 6.43. The number of primary amides is 1. The molecule has 2 rings (SSSR count). The Morgan fingerprint density at radius 3 is 2.88 bits per heavy atom. The van der Waals surface area contributed by atoms with E-state index < -0.39 is 0 Å². The summed E-state index contributed by atoms with van der Waals surface area (Å²) in [6, 6.07) is 0.481. The lowest BCUT2D eigenvalue weighted by molar-refractivity contribution is -0.125. The summed E-state index contributed by atoms with van der Waals surface area (Å²) in [5, 5.41) is 3.28. The van der Waals surface area contributed by atoms with E-state index in [2.05, 4.69) is 17.1 Å². The smallest absolute Gasteiger partial charge is 0.236 e. The van der Waals surface area contributed by atoms with E-state index in [4.69, 9.17) is 5.73 Å². The van der Waals surface area contributed by atoms with Gasteiger partial charge in [-0.2, -0.15) is 0 Å². The van der Waals surface area contributed by atoms with Crippen molar-refractivity contribution < 1.29 is 4.79 Å². The Labute approximate surface area is 104 Å². The molecule has 0 spiro atoms. The second kappa shape index (κ2) is 5.83. The number of rotatable bonds is 3. The monoisotopic (exact) mass is 239 g/mol. The minimum absolute atomic E-state index is 0.0964. The molecule has 2 fully saturated rings. The number of hydrogen-bond donors (Lipinski definition) is 2. The molecule has 3 atom stereocenters. The Kier molecular flexibility index (Phi) is 4.40. The van der Waals surface area contributed by atoms with E-state index in [0.717, 1.165) is 25.6 Å². The summed E-state index contributed by atoms with van der Waals surface area (Å²) < 4.78 is 0. The maximum absolute atomic E-state index is 11.5. The van der Waals surface area contributed by atoms with E-state index in [0.29, 0.717) is 6.04 Å². The van der Waals surface area contributed by atoms with Gasteiger partial charge in [-0.1, -0.05) is 26.2 Å². The number of carbonyl (C=O) groups excluding carboxylic acids is 1. The van der Waals surface area contributed by atoms with Gasteiger partial charge in [0.25, 0.3) is 0 Å². The normalized spacial score (nSPS) is 35.7. The molecule has 3 N–H and O–H groups in total. The van der Waals surface area contributed by atoms with Gasteiger partial charge in [-0.15, -0.1) is 0 Å². The van der Waals surface area contributed by atoms with E-state index in [1.807, 2.05) is 0 Å². The maximum Gasteiger partial charge on any atom is 0.236 e. The SMILES string of the molecule is CCC1CCCCC1N1CCNCC1C(N)=O. The first-order valence-electron chi connectivity index (χ1n) is 6.99. The van der Waals surface area contributed by atoms with E-state index in [1.165, 1.54) is 32.1 Å². The lowest BCUT2D eigenvalue weighted by Crippen LogP contribution is -2.61. The second-order valence-corrected chi connectivity index (χ2v) is 5.38. The quantitative estimate of drug-likeness (QED) is 0.763. The van der Waals surface area contributed by atoms with Gasteiger partial charge in [-0.05, 0) is 18.8 Å². The predicted molar refractivity (Wildman–Crippen MR) is 68.6 cm³/mol. The van der Waals surface area contributed by atoms with Gasteiger partial charge in [0, 0.05) is 25.7 Å². The van der Waals surface area contributed by atoms with Crippen molar-refractivity contribution in [3.05, 3.63) is 0 Å². The molecule has 1 aliphatic carbocycles. The minimum Gasteiger partial charge on any atom is -0.368 e. The fourth-order valence-electron chi connectivity index (χ4n) is 3.48. The highest BCUT2D eigenvalue weighted by Gasteiger charge is 2.36. The van der Waals surface area contributed by atoms with Gasteiger partial charge in [-0.3, -0.25) is 9.69 Å². The van der Waals surface area contributed by atoms with Crippen LogP contribution in [-0.2, 0) is 4.79 Å². The van der Waals surface area contributed by atoms with Gasteiger partial charge in [0.1, 0.15) is 6.04 Å². The topological polar surface area (TPSA) is 58.4 Å². The number of nitrogens with zero attached hydrogens (tertiary/aromatic N) is 1. The van der Waals surface area contributed by atoms with Crippen molar-refractivity contribution in [3.8, 4) is 0 Å². The minimum atomic E-state index is -0.169. The van der Waals surface area contributed by atoms with Crippen molar-refractivity contribution in [2.24, 2.45) is 11.7 Å². The number of piperazine rings is 1. The largest absolute Gasteiger partial charge is 0.368 e. The molecule has 3 unspecified atom stereocenters. The van der Waals surface area contributed by atoms with E-state index in [1.54, 1.807) is 0 Å². The van der Waals surface area contributed by atoms with E-state index in [-0.39, 0.29) is 11.9 Å². The van der Waals surface area contributed by atoms with Crippen LogP contribution < -0.4 is 11.1 Å². The number of amides is 1. The first-order chi connectivity index (χ1) is 8.24. The molecule has 4 nitrogen and oxygen atoms in total. The zero-order valence-electron chi connectivity index (χ0n) is 10.8. The zero-order chi connectivity index (χ0) is 12.3. The third-order valence-electron chi connectivity index (χ3n) is 4.43. The molecule has 1 amide bonds.